The van der Waals surface area contributed by atoms with Crippen molar-refractivity contribution in [3.05, 3.63) is 35.6 Å². The standard InChI is InChI=1S/C12H17FO2/c1-9(7-8-15-2)12(14)10-3-5-11(13)6-4-10/h3-6,9,12,14H,7-8H2,1-2H3. The molecule has 0 radical (unpaired) electrons. The van der Waals surface area contributed by atoms with Crippen molar-refractivity contribution in [3.63, 3.8) is 0 Å². The summed E-state index contributed by atoms with van der Waals surface area (Å²) in [6.45, 7) is 2.58. The lowest BCUT2D eigenvalue weighted by Gasteiger charge is -2.18. The molecule has 15 heavy (non-hydrogen) atoms. The van der Waals surface area contributed by atoms with Crippen molar-refractivity contribution in [2.24, 2.45) is 5.92 Å². The molecule has 0 aliphatic carbocycles. The Bertz CT molecular complexity index is 284. The lowest BCUT2D eigenvalue weighted by Crippen LogP contribution is -2.11. The van der Waals surface area contributed by atoms with Gasteiger partial charge in [0.15, 0.2) is 0 Å². The van der Waals surface area contributed by atoms with Gasteiger partial charge in [-0.2, -0.15) is 0 Å². The number of hydrogen-bond acceptors (Lipinski definition) is 2. The van der Waals surface area contributed by atoms with Gasteiger partial charge in [-0.05, 0) is 30.0 Å². The zero-order chi connectivity index (χ0) is 11.3. The number of ether oxygens (including phenoxy) is 1. The van der Waals surface area contributed by atoms with E-state index in [-0.39, 0.29) is 11.7 Å². The SMILES string of the molecule is COCCC(C)C(O)c1ccc(F)cc1. The monoisotopic (exact) mass is 212 g/mol. The van der Waals surface area contributed by atoms with Crippen molar-refractivity contribution >= 4 is 0 Å². The van der Waals surface area contributed by atoms with Gasteiger partial charge in [-0.15, -0.1) is 0 Å². The second-order valence-corrected chi connectivity index (χ2v) is 3.76. The van der Waals surface area contributed by atoms with E-state index in [1.165, 1.54) is 12.1 Å². The highest BCUT2D eigenvalue weighted by molar-refractivity contribution is 5.18. The van der Waals surface area contributed by atoms with Crippen LogP contribution in [0.25, 0.3) is 0 Å². The van der Waals surface area contributed by atoms with E-state index in [1.54, 1.807) is 19.2 Å². The van der Waals surface area contributed by atoms with Crippen LogP contribution in [0.2, 0.25) is 0 Å². The molecule has 2 unspecified atom stereocenters. The number of halogens is 1. The van der Waals surface area contributed by atoms with E-state index in [9.17, 15) is 9.50 Å². The quantitative estimate of drug-likeness (QED) is 0.812. The first-order valence-electron chi connectivity index (χ1n) is 5.07. The smallest absolute Gasteiger partial charge is 0.123 e. The fourth-order valence-electron chi connectivity index (χ4n) is 1.45. The Morgan fingerprint density at radius 3 is 2.47 bits per heavy atom. The largest absolute Gasteiger partial charge is 0.388 e. The molecule has 84 valence electrons. The van der Waals surface area contributed by atoms with Crippen LogP contribution in [0.5, 0.6) is 0 Å². The molecule has 0 spiro atoms. The van der Waals surface area contributed by atoms with Gasteiger partial charge >= 0.3 is 0 Å². The topological polar surface area (TPSA) is 29.5 Å². The number of aliphatic hydroxyl groups is 1. The minimum Gasteiger partial charge on any atom is -0.388 e. The Kier molecular flexibility index (Phi) is 4.72. The zero-order valence-corrected chi connectivity index (χ0v) is 9.11. The van der Waals surface area contributed by atoms with Crippen molar-refractivity contribution in [2.45, 2.75) is 19.4 Å². The molecule has 0 amide bonds. The molecule has 1 rings (SSSR count). The first-order valence-corrected chi connectivity index (χ1v) is 5.07. The second-order valence-electron chi connectivity index (χ2n) is 3.76. The molecular weight excluding hydrogens is 195 g/mol. The summed E-state index contributed by atoms with van der Waals surface area (Å²) >= 11 is 0. The highest BCUT2D eigenvalue weighted by atomic mass is 19.1. The molecule has 0 saturated carbocycles. The van der Waals surface area contributed by atoms with Gasteiger partial charge in [0.25, 0.3) is 0 Å². The predicted octanol–water partition coefficient (Wildman–Crippen LogP) is 2.53. The van der Waals surface area contributed by atoms with Gasteiger partial charge in [0.1, 0.15) is 5.82 Å². The Balaban J connectivity index is 2.59. The van der Waals surface area contributed by atoms with Gasteiger partial charge in [0.2, 0.25) is 0 Å². The second kappa shape index (κ2) is 5.83. The van der Waals surface area contributed by atoms with E-state index >= 15 is 0 Å². The molecule has 0 bridgehead atoms. The van der Waals surface area contributed by atoms with Crippen molar-refractivity contribution in [1.82, 2.24) is 0 Å². The van der Waals surface area contributed by atoms with E-state index in [4.69, 9.17) is 4.74 Å². The highest BCUT2D eigenvalue weighted by Crippen LogP contribution is 2.24. The Morgan fingerprint density at radius 2 is 1.93 bits per heavy atom. The Morgan fingerprint density at radius 1 is 1.33 bits per heavy atom. The van der Waals surface area contributed by atoms with Crippen molar-refractivity contribution in [1.29, 1.82) is 0 Å². The number of hydrogen-bond donors (Lipinski definition) is 1. The summed E-state index contributed by atoms with van der Waals surface area (Å²) in [5.41, 5.74) is 0.750. The lowest BCUT2D eigenvalue weighted by atomic mass is 9.95. The first-order chi connectivity index (χ1) is 7.15. The highest BCUT2D eigenvalue weighted by Gasteiger charge is 2.15. The average molecular weight is 212 g/mol. The molecule has 0 saturated heterocycles. The van der Waals surface area contributed by atoms with Gasteiger partial charge < -0.3 is 9.84 Å². The molecule has 0 heterocycles. The molecule has 0 aromatic heterocycles. The summed E-state index contributed by atoms with van der Waals surface area (Å²) in [5, 5.41) is 9.93. The van der Waals surface area contributed by atoms with Crippen LogP contribution in [0, 0.1) is 11.7 Å². The molecule has 1 aromatic rings. The maximum Gasteiger partial charge on any atom is 0.123 e. The summed E-state index contributed by atoms with van der Waals surface area (Å²) in [5.74, 6) is -0.175. The van der Waals surface area contributed by atoms with Crippen LogP contribution in [0.15, 0.2) is 24.3 Å². The van der Waals surface area contributed by atoms with E-state index in [0.29, 0.717) is 6.61 Å². The van der Waals surface area contributed by atoms with Crippen LogP contribution in [-0.2, 0) is 4.74 Å². The van der Waals surface area contributed by atoms with E-state index in [0.717, 1.165) is 12.0 Å². The fraction of sp³-hybridized carbons (Fsp3) is 0.500. The van der Waals surface area contributed by atoms with Crippen LogP contribution in [0.3, 0.4) is 0 Å². The zero-order valence-electron chi connectivity index (χ0n) is 9.11. The number of methoxy groups -OCH3 is 1. The maximum absolute atomic E-state index is 12.7. The molecule has 0 aliphatic heterocycles. The molecule has 2 nitrogen and oxygen atoms in total. The molecule has 0 fully saturated rings. The lowest BCUT2D eigenvalue weighted by molar-refractivity contribution is 0.0885. The van der Waals surface area contributed by atoms with Crippen LogP contribution in [0.4, 0.5) is 4.39 Å². The van der Waals surface area contributed by atoms with Crippen molar-refractivity contribution in [3.8, 4) is 0 Å². The maximum atomic E-state index is 12.7. The molecular formula is C12H17FO2. The third-order valence-electron chi connectivity index (χ3n) is 2.53. The van der Waals surface area contributed by atoms with Gasteiger partial charge in [0, 0.05) is 13.7 Å². The van der Waals surface area contributed by atoms with Crippen LogP contribution >= 0.6 is 0 Å². The molecule has 1 aromatic carbocycles. The Hall–Kier alpha value is -0.930. The summed E-state index contributed by atoms with van der Waals surface area (Å²) in [6, 6.07) is 5.95. The van der Waals surface area contributed by atoms with Crippen molar-refractivity contribution in [2.75, 3.05) is 13.7 Å². The predicted molar refractivity (Wildman–Crippen MR) is 57.0 cm³/mol. The van der Waals surface area contributed by atoms with E-state index in [1.807, 2.05) is 6.92 Å². The average Bonchev–Trinajstić information content (AvgIpc) is 2.26. The number of aliphatic hydroxyl groups excluding tert-OH is 1. The fourth-order valence-corrected chi connectivity index (χ4v) is 1.45. The van der Waals surface area contributed by atoms with Crippen LogP contribution in [0.1, 0.15) is 25.0 Å². The van der Waals surface area contributed by atoms with E-state index < -0.39 is 6.10 Å². The molecule has 3 heteroatoms. The summed E-state index contributed by atoms with van der Waals surface area (Å²) < 4.78 is 17.6. The molecule has 2 atom stereocenters. The van der Waals surface area contributed by atoms with Crippen LogP contribution in [-0.4, -0.2) is 18.8 Å². The summed E-state index contributed by atoms with van der Waals surface area (Å²) in [4.78, 5) is 0. The first kappa shape index (κ1) is 12.1. The minimum atomic E-state index is -0.555. The molecule has 0 aliphatic rings. The normalized spacial score (nSPS) is 14.9. The number of rotatable bonds is 5. The Labute approximate surface area is 89.7 Å². The van der Waals surface area contributed by atoms with Gasteiger partial charge in [-0.3, -0.25) is 0 Å². The third kappa shape index (κ3) is 3.61. The van der Waals surface area contributed by atoms with Crippen LogP contribution < -0.4 is 0 Å². The van der Waals surface area contributed by atoms with Gasteiger partial charge in [-0.1, -0.05) is 19.1 Å². The van der Waals surface area contributed by atoms with Gasteiger partial charge in [-0.25, -0.2) is 4.39 Å². The summed E-state index contributed by atoms with van der Waals surface area (Å²) in [6.07, 6.45) is 0.232. The number of benzene rings is 1. The van der Waals surface area contributed by atoms with Crippen molar-refractivity contribution < 1.29 is 14.2 Å². The van der Waals surface area contributed by atoms with Gasteiger partial charge in [0.05, 0.1) is 6.10 Å². The third-order valence-corrected chi connectivity index (χ3v) is 2.53. The van der Waals surface area contributed by atoms with E-state index in [2.05, 4.69) is 0 Å². The minimum absolute atomic E-state index is 0.107. The summed E-state index contributed by atoms with van der Waals surface area (Å²) in [7, 11) is 1.64. The molecule has 1 N–H and O–H groups in total.